The molecule has 3 N–H and O–H groups in total. The van der Waals surface area contributed by atoms with Crippen LogP contribution in [0.4, 0.5) is 0 Å². The third-order valence-electron chi connectivity index (χ3n) is 0.368. The molecule has 0 rings (SSSR count). The van der Waals surface area contributed by atoms with Crippen LogP contribution in [0.1, 0.15) is 20.8 Å². The minimum atomic E-state index is -1.26. The first-order valence-electron chi connectivity index (χ1n) is 3.49. The van der Waals surface area contributed by atoms with Crippen LogP contribution in [0.15, 0.2) is 12.2 Å². The van der Waals surface area contributed by atoms with Crippen LogP contribution < -0.4 is 0 Å². The van der Waals surface area contributed by atoms with Crippen molar-refractivity contribution in [2.45, 2.75) is 26.4 Å². The second-order valence-electron chi connectivity index (χ2n) is 3.18. The first-order valence-corrected chi connectivity index (χ1v) is 3.49. The summed E-state index contributed by atoms with van der Waals surface area (Å²) in [5, 5.41) is 24.1. The molecule has 0 aromatic heterocycles. The van der Waals surface area contributed by atoms with Gasteiger partial charge >= 0.3 is 11.9 Å². The maximum absolute atomic E-state index is 9.55. The topological polar surface area (TPSA) is 94.8 Å². The monoisotopic (exact) mass is 190 g/mol. The Labute approximate surface area is 76.3 Å². The minimum absolute atomic E-state index is 0.500. The number of carboxylic acid groups (broad SMARTS) is 2. The lowest BCUT2D eigenvalue weighted by Gasteiger charge is -2.04. The van der Waals surface area contributed by atoms with Gasteiger partial charge in [-0.3, -0.25) is 0 Å². The number of aliphatic carboxylic acids is 2. The Balaban J connectivity index is 0. The summed E-state index contributed by atoms with van der Waals surface area (Å²) < 4.78 is 0. The highest BCUT2D eigenvalue weighted by molar-refractivity contribution is 5.89. The fourth-order valence-electron chi connectivity index (χ4n) is 0.143. The molecule has 0 atom stereocenters. The molecule has 0 aliphatic carbocycles. The molecular weight excluding hydrogens is 176 g/mol. The van der Waals surface area contributed by atoms with Gasteiger partial charge in [0.25, 0.3) is 0 Å². The van der Waals surface area contributed by atoms with Crippen LogP contribution in [0.25, 0.3) is 0 Å². The summed E-state index contributed by atoms with van der Waals surface area (Å²) in [6.45, 7) is 5.23. The van der Waals surface area contributed by atoms with E-state index in [1.54, 1.807) is 20.8 Å². The van der Waals surface area contributed by atoms with Crippen LogP contribution >= 0.6 is 0 Å². The second-order valence-corrected chi connectivity index (χ2v) is 3.18. The summed E-state index contributed by atoms with van der Waals surface area (Å²) in [5.41, 5.74) is -0.500. The molecule has 0 fully saturated rings. The van der Waals surface area contributed by atoms with E-state index < -0.39 is 17.5 Å². The van der Waals surface area contributed by atoms with E-state index in [1.165, 1.54) is 0 Å². The molecule has 0 bridgehead atoms. The average molecular weight is 190 g/mol. The summed E-state index contributed by atoms with van der Waals surface area (Å²) in [4.78, 5) is 19.1. The molecule has 0 heterocycles. The quantitative estimate of drug-likeness (QED) is 0.551. The normalized spacial score (nSPS) is 10.5. The van der Waals surface area contributed by atoms with Crippen molar-refractivity contribution in [1.82, 2.24) is 0 Å². The van der Waals surface area contributed by atoms with E-state index in [4.69, 9.17) is 15.3 Å². The van der Waals surface area contributed by atoms with Crippen LogP contribution in [0, 0.1) is 0 Å². The van der Waals surface area contributed by atoms with Crippen LogP contribution in [0.5, 0.6) is 0 Å². The zero-order valence-corrected chi connectivity index (χ0v) is 7.81. The molecule has 0 amide bonds. The minimum Gasteiger partial charge on any atom is -0.478 e. The molecule has 76 valence electrons. The van der Waals surface area contributed by atoms with E-state index in [2.05, 4.69) is 0 Å². The molecule has 5 nitrogen and oxygen atoms in total. The van der Waals surface area contributed by atoms with Crippen molar-refractivity contribution in [3.8, 4) is 0 Å². The van der Waals surface area contributed by atoms with Crippen molar-refractivity contribution < 1.29 is 24.9 Å². The molecule has 13 heavy (non-hydrogen) atoms. The zero-order valence-electron chi connectivity index (χ0n) is 7.81. The van der Waals surface area contributed by atoms with Crippen molar-refractivity contribution in [1.29, 1.82) is 0 Å². The first-order chi connectivity index (χ1) is 5.63. The van der Waals surface area contributed by atoms with Crippen molar-refractivity contribution >= 4 is 11.9 Å². The average Bonchev–Trinajstić information content (AvgIpc) is 1.79. The van der Waals surface area contributed by atoms with Crippen LogP contribution in [0.3, 0.4) is 0 Å². The van der Waals surface area contributed by atoms with E-state index in [9.17, 15) is 9.59 Å². The zero-order chi connectivity index (χ0) is 11.1. The van der Waals surface area contributed by atoms with Gasteiger partial charge in [-0.1, -0.05) is 0 Å². The molecular formula is C8H14O5. The standard InChI is InChI=1S/C4H4O4.C4H10O/c5-3(6)1-2-4(7)8;1-4(2,3)5/h1-2H,(H,5,6)(H,7,8);5H,1-3H3/b2-1+;. The van der Waals surface area contributed by atoms with Crippen LogP contribution in [0.2, 0.25) is 0 Å². The van der Waals surface area contributed by atoms with Gasteiger partial charge in [0, 0.05) is 12.2 Å². The second kappa shape index (κ2) is 6.19. The smallest absolute Gasteiger partial charge is 0.328 e. The predicted octanol–water partition coefficient (Wildman–Crippen LogP) is 0.489. The highest BCUT2D eigenvalue weighted by Gasteiger charge is 1.97. The maximum Gasteiger partial charge on any atom is 0.328 e. The van der Waals surface area contributed by atoms with E-state index in [0.29, 0.717) is 12.2 Å². The largest absolute Gasteiger partial charge is 0.478 e. The molecule has 5 heteroatoms. The Kier molecular flexibility index (Phi) is 6.75. The van der Waals surface area contributed by atoms with Gasteiger partial charge in [0.05, 0.1) is 5.60 Å². The van der Waals surface area contributed by atoms with Gasteiger partial charge < -0.3 is 15.3 Å². The third kappa shape index (κ3) is 59.9. The highest BCUT2D eigenvalue weighted by Crippen LogP contribution is 1.93. The van der Waals surface area contributed by atoms with Gasteiger partial charge in [-0.2, -0.15) is 0 Å². The summed E-state index contributed by atoms with van der Waals surface area (Å²) in [5.74, 6) is -2.51. The molecule has 0 aromatic carbocycles. The summed E-state index contributed by atoms with van der Waals surface area (Å²) >= 11 is 0. The van der Waals surface area contributed by atoms with Gasteiger partial charge in [-0.25, -0.2) is 9.59 Å². The number of carboxylic acids is 2. The Morgan fingerprint density at radius 3 is 1.23 bits per heavy atom. The Morgan fingerprint density at radius 1 is 1.00 bits per heavy atom. The molecule has 0 saturated heterocycles. The van der Waals surface area contributed by atoms with Crippen molar-refractivity contribution in [3.63, 3.8) is 0 Å². The molecule has 0 spiro atoms. The van der Waals surface area contributed by atoms with E-state index >= 15 is 0 Å². The number of aliphatic hydroxyl groups is 1. The Bertz CT molecular complexity index is 177. The van der Waals surface area contributed by atoms with E-state index in [-0.39, 0.29) is 0 Å². The number of rotatable bonds is 2. The lowest BCUT2D eigenvalue weighted by Crippen LogP contribution is -2.10. The summed E-state index contributed by atoms with van der Waals surface area (Å²) in [7, 11) is 0. The number of hydrogen-bond acceptors (Lipinski definition) is 3. The molecule has 0 unspecified atom stereocenters. The molecule has 0 aliphatic rings. The Hall–Kier alpha value is -1.36. The highest BCUT2D eigenvalue weighted by atomic mass is 16.4. The van der Waals surface area contributed by atoms with Gasteiger partial charge in [-0.05, 0) is 20.8 Å². The van der Waals surface area contributed by atoms with Crippen LogP contribution in [-0.4, -0.2) is 32.9 Å². The fraction of sp³-hybridized carbons (Fsp3) is 0.500. The van der Waals surface area contributed by atoms with Gasteiger partial charge in [-0.15, -0.1) is 0 Å². The van der Waals surface area contributed by atoms with Gasteiger partial charge in [0.1, 0.15) is 0 Å². The molecule has 0 aromatic rings. The van der Waals surface area contributed by atoms with E-state index in [0.717, 1.165) is 0 Å². The SMILES string of the molecule is CC(C)(C)O.O=C(O)/C=C/C(=O)O. The van der Waals surface area contributed by atoms with Crippen molar-refractivity contribution in [2.75, 3.05) is 0 Å². The number of hydrogen-bond donors (Lipinski definition) is 3. The van der Waals surface area contributed by atoms with Crippen molar-refractivity contribution in [3.05, 3.63) is 12.2 Å². The number of carbonyl (C=O) groups is 2. The lowest BCUT2D eigenvalue weighted by molar-refractivity contribution is -0.134. The first kappa shape index (κ1) is 14.2. The third-order valence-corrected chi connectivity index (χ3v) is 0.368. The molecule has 0 aliphatic heterocycles. The van der Waals surface area contributed by atoms with Gasteiger partial charge in [0.2, 0.25) is 0 Å². The van der Waals surface area contributed by atoms with Crippen molar-refractivity contribution in [2.24, 2.45) is 0 Å². The Morgan fingerprint density at radius 2 is 1.15 bits per heavy atom. The predicted molar refractivity (Wildman–Crippen MR) is 46.4 cm³/mol. The molecule has 0 saturated carbocycles. The van der Waals surface area contributed by atoms with E-state index in [1.807, 2.05) is 0 Å². The fourth-order valence-corrected chi connectivity index (χ4v) is 0.143. The maximum atomic E-state index is 9.55. The van der Waals surface area contributed by atoms with Gasteiger partial charge in [0.15, 0.2) is 0 Å². The summed E-state index contributed by atoms with van der Waals surface area (Å²) in [6, 6.07) is 0. The lowest BCUT2D eigenvalue weighted by atomic mass is 10.2. The molecule has 0 radical (unpaired) electrons. The van der Waals surface area contributed by atoms with Crippen LogP contribution in [-0.2, 0) is 9.59 Å². The summed E-state index contributed by atoms with van der Waals surface area (Å²) in [6.07, 6.45) is 1.12.